The second-order valence-electron chi connectivity index (χ2n) is 9.54. The molecule has 0 bridgehead atoms. The van der Waals surface area contributed by atoms with E-state index in [4.69, 9.17) is 14.9 Å². The Hall–Kier alpha value is -3.42. The maximum Gasteiger partial charge on any atom is 0.197 e. The van der Waals surface area contributed by atoms with Gasteiger partial charge >= 0.3 is 0 Å². The van der Waals surface area contributed by atoms with E-state index < -0.39 is 5.82 Å². The monoisotopic (exact) mass is 466 g/mol. The zero-order valence-electron chi connectivity index (χ0n) is 20.6. The van der Waals surface area contributed by atoms with E-state index in [1.807, 2.05) is 30.7 Å². The van der Waals surface area contributed by atoms with Crippen LogP contribution in [0.1, 0.15) is 61.7 Å². The molecule has 0 spiro atoms. The molecule has 0 radical (unpaired) electrons. The van der Waals surface area contributed by atoms with Gasteiger partial charge in [-0.25, -0.2) is 9.37 Å². The molecule has 0 saturated carbocycles. The molecule has 4 rings (SSSR count). The van der Waals surface area contributed by atoms with Gasteiger partial charge in [0.25, 0.3) is 0 Å². The quantitative estimate of drug-likeness (QED) is 0.505. The smallest absolute Gasteiger partial charge is 0.197 e. The number of Topliss-reactive ketones (excluding diaryl/α,β-unsaturated/α-hetero) is 1. The molecule has 34 heavy (non-hydrogen) atoms. The van der Waals surface area contributed by atoms with Crippen LogP contribution >= 0.6 is 0 Å². The molecule has 0 atom stereocenters. The van der Waals surface area contributed by atoms with Crippen molar-refractivity contribution < 1.29 is 18.7 Å². The van der Waals surface area contributed by atoms with Crippen LogP contribution in [0.5, 0.6) is 11.5 Å². The van der Waals surface area contributed by atoms with E-state index in [0.717, 1.165) is 16.6 Å². The molecule has 2 aromatic carbocycles. The van der Waals surface area contributed by atoms with Crippen molar-refractivity contribution in [3.8, 4) is 11.5 Å². The number of ether oxygens (including phenoxy) is 2. The molecule has 1 aliphatic heterocycles. The van der Waals surface area contributed by atoms with Crippen molar-refractivity contribution in [1.82, 2.24) is 14.5 Å². The molecule has 7 nitrogen and oxygen atoms in total. The topological polar surface area (TPSA) is 80.4 Å². The number of halogens is 1. The van der Waals surface area contributed by atoms with Crippen LogP contribution in [0, 0.1) is 11.2 Å². The van der Waals surface area contributed by atoms with E-state index in [1.54, 1.807) is 24.2 Å². The van der Waals surface area contributed by atoms with Crippen LogP contribution < -0.4 is 9.47 Å². The number of benzene rings is 2. The van der Waals surface area contributed by atoms with Crippen molar-refractivity contribution in [2.45, 2.75) is 46.6 Å². The molecular weight excluding hydrogens is 435 g/mol. The molecule has 0 saturated heterocycles. The van der Waals surface area contributed by atoms with Gasteiger partial charge in [-0.1, -0.05) is 20.8 Å². The fourth-order valence-electron chi connectivity index (χ4n) is 4.39. The summed E-state index contributed by atoms with van der Waals surface area (Å²) in [5.41, 5.74) is 3.87. The average molecular weight is 467 g/mol. The number of amidine groups is 1. The third-order valence-corrected chi connectivity index (χ3v) is 6.07. The van der Waals surface area contributed by atoms with Gasteiger partial charge < -0.3 is 18.9 Å². The first kappa shape index (κ1) is 23.7. The van der Waals surface area contributed by atoms with Gasteiger partial charge in [-0.15, -0.1) is 0 Å². The second kappa shape index (κ2) is 8.74. The van der Waals surface area contributed by atoms with E-state index in [2.05, 4.69) is 25.8 Å². The van der Waals surface area contributed by atoms with Crippen molar-refractivity contribution in [2.24, 2.45) is 7.05 Å². The molecule has 1 N–H and O–H groups in total. The van der Waals surface area contributed by atoms with Crippen molar-refractivity contribution in [2.75, 3.05) is 19.8 Å². The van der Waals surface area contributed by atoms with E-state index in [9.17, 15) is 4.79 Å². The van der Waals surface area contributed by atoms with Crippen LogP contribution in [0.3, 0.4) is 0 Å². The molecule has 2 heterocycles. The maximum atomic E-state index is 15.3. The lowest BCUT2D eigenvalue weighted by molar-refractivity contribution is 0.0962. The minimum atomic E-state index is -0.617. The fraction of sp³-hybridized carbons (Fsp3) is 0.423. The summed E-state index contributed by atoms with van der Waals surface area (Å²) in [7, 11) is 1.90. The van der Waals surface area contributed by atoms with Gasteiger partial charge in [0.2, 0.25) is 0 Å². The summed E-state index contributed by atoms with van der Waals surface area (Å²) in [6.07, 6.45) is 1.75. The highest BCUT2D eigenvalue weighted by molar-refractivity contribution is 6.07. The number of carbonyl (C=O) groups excluding carboxylic acids is 1. The van der Waals surface area contributed by atoms with Crippen molar-refractivity contribution in [3.05, 3.63) is 52.6 Å². The predicted octanol–water partition coefficient (Wildman–Crippen LogP) is 4.83. The molecule has 0 fully saturated rings. The van der Waals surface area contributed by atoms with Crippen molar-refractivity contribution in [3.63, 3.8) is 0 Å². The standard InChI is InChI=1S/C26H31FN4O3/c1-7-33-20-11-16-12-31(25(28)21(16)22(27)24(20)34-8-2)13-19(32)15-9-17(26(3,4)5)23-18(10-15)30(6)14-29-23/h9-11,14,28H,7-8,12-13H2,1-6H3. The SMILES string of the molecule is CCOc1cc2c(c(F)c1OCC)C(=N)N(CC(=O)c1cc(C(C)(C)C)c3ncn(C)c3c1)C2. The first-order valence-corrected chi connectivity index (χ1v) is 11.5. The number of nitrogens with one attached hydrogen (secondary N) is 1. The van der Waals surface area contributed by atoms with Crippen molar-refractivity contribution in [1.29, 1.82) is 5.41 Å². The highest BCUT2D eigenvalue weighted by atomic mass is 19.1. The van der Waals surface area contributed by atoms with Crippen LogP contribution in [0.2, 0.25) is 0 Å². The number of hydrogen-bond acceptors (Lipinski definition) is 5. The number of aromatic nitrogens is 2. The number of rotatable bonds is 7. The zero-order valence-corrected chi connectivity index (χ0v) is 20.6. The molecular formula is C26H31FN4O3. The predicted molar refractivity (Wildman–Crippen MR) is 130 cm³/mol. The lowest BCUT2D eigenvalue weighted by atomic mass is 9.84. The van der Waals surface area contributed by atoms with Crippen LogP contribution in [0.4, 0.5) is 4.39 Å². The number of ketones is 1. The Balaban J connectivity index is 1.66. The zero-order chi connectivity index (χ0) is 24.8. The third kappa shape index (κ3) is 4.02. The highest BCUT2D eigenvalue weighted by Crippen LogP contribution is 2.39. The molecule has 0 unspecified atom stereocenters. The molecule has 0 amide bonds. The van der Waals surface area contributed by atoms with Gasteiger partial charge in [-0.3, -0.25) is 10.2 Å². The Labute approximate surface area is 199 Å². The summed E-state index contributed by atoms with van der Waals surface area (Å²) in [4.78, 5) is 19.5. The Morgan fingerprint density at radius 1 is 1.18 bits per heavy atom. The first-order valence-electron chi connectivity index (χ1n) is 11.5. The molecule has 8 heteroatoms. The fourth-order valence-corrected chi connectivity index (χ4v) is 4.39. The van der Waals surface area contributed by atoms with Gasteiger partial charge in [0.15, 0.2) is 23.1 Å². The lowest BCUT2D eigenvalue weighted by Gasteiger charge is -2.22. The number of hydrogen-bond donors (Lipinski definition) is 1. The largest absolute Gasteiger partial charge is 0.490 e. The normalized spacial score (nSPS) is 13.5. The summed E-state index contributed by atoms with van der Waals surface area (Å²) in [5.74, 6) is -0.450. The summed E-state index contributed by atoms with van der Waals surface area (Å²) in [6.45, 7) is 10.7. The van der Waals surface area contributed by atoms with Gasteiger partial charge in [0, 0.05) is 19.2 Å². The highest BCUT2D eigenvalue weighted by Gasteiger charge is 2.33. The third-order valence-electron chi connectivity index (χ3n) is 6.07. The molecule has 180 valence electrons. The number of carbonyl (C=O) groups is 1. The number of imidazole rings is 1. The van der Waals surface area contributed by atoms with Crippen LogP contribution in [0.25, 0.3) is 11.0 Å². The molecule has 1 aromatic heterocycles. The minimum absolute atomic E-state index is 0.0116. The van der Waals surface area contributed by atoms with Crippen molar-refractivity contribution >= 4 is 22.7 Å². The van der Waals surface area contributed by atoms with Gasteiger partial charge in [0.1, 0.15) is 5.84 Å². The number of nitrogens with zero attached hydrogens (tertiary/aromatic N) is 3. The second-order valence-corrected chi connectivity index (χ2v) is 9.54. The van der Waals surface area contributed by atoms with Gasteiger partial charge in [0.05, 0.1) is 42.7 Å². The number of aryl methyl sites for hydroxylation is 1. The Kier molecular flexibility index (Phi) is 6.10. The summed E-state index contributed by atoms with van der Waals surface area (Å²) < 4.78 is 28.3. The minimum Gasteiger partial charge on any atom is -0.490 e. The van der Waals surface area contributed by atoms with Crippen LogP contribution in [0.15, 0.2) is 24.5 Å². The molecule has 0 aliphatic carbocycles. The van der Waals surface area contributed by atoms with Gasteiger partial charge in [-0.05, 0) is 48.6 Å². The first-order chi connectivity index (χ1) is 16.1. The Morgan fingerprint density at radius 3 is 2.53 bits per heavy atom. The van der Waals surface area contributed by atoms with Crippen LogP contribution in [-0.4, -0.2) is 45.8 Å². The van der Waals surface area contributed by atoms with E-state index in [-0.39, 0.29) is 48.0 Å². The van der Waals surface area contributed by atoms with E-state index >= 15 is 4.39 Å². The average Bonchev–Trinajstić information content (AvgIpc) is 3.29. The number of fused-ring (bicyclic) bond motifs is 2. The Morgan fingerprint density at radius 2 is 1.88 bits per heavy atom. The molecule has 1 aliphatic rings. The summed E-state index contributed by atoms with van der Waals surface area (Å²) in [6, 6.07) is 5.45. The summed E-state index contributed by atoms with van der Waals surface area (Å²) in [5, 5.41) is 8.59. The molecule has 3 aromatic rings. The summed E-state index contributed by atoms with van der Waals surface area (Å²) >= 11 is 0. The van der Waals surface area contributed by atoms with E-state index in [1.165, 1.54) is 0 Å². The van der Waals surface area contributed by atoms with Gasteiger partial charge in [-0.2, -0.15) is 0 Å². The lowest BCUT2D eigenvalue weighted by Crippen LogP contribution is -2.30. The van der Waals surface area contributed by atoms with E-state index in [0.29, 0.717) is 23.5 Å². The van der Waals surface area contributed by atoms with Crippen LogP contribution in [-0.2, 0) is 19.0 Å². The maximum absolute atomic E-state index is 15.3. The Bertz CT molecular complexity index is 1290.